The topological polar surface area (TPSA) is 237 Å². The Kier molecular flexibility index (Phi) is 69.3. The summed E-state index contributed by atoms with van der Waals surface area (Å²) in [6.45, 7) is 4.25. The standard InChI is InChI=1S/C83H132O17P2/c1-5-9-13-17-21-25-29-33-36-37-38-39-42-45-48-52-56-60-64-68-81(86)94-73-78(99-82(87)69-65-61-57-53-49-43-32-28-24-20-16-12-8-4)75-97-101(89,90)95-71-77(84)72-96-102(91,92)98-76-79(100-83(88)70-66-62-58-54-50-46-41-35-31-27-23-19-15-11-7-3)74-93-80(85)67-63-59-55-51-47-44-40-34-30-26-22-18-14-10-6-2/h9-11,13-15,21-23,25-28,32-36,38-41,45,47-48,51,56,59-60,63,77-79,84H,5-8,12,16-20,24,29-31,37,42-44,46,49-50,52-55,57-58,61-62,64-76H2,1-4H3,(H,89,90)(H,91,92)/b13-9-,14-10-,15-11-,25-21-,26-22-,27-23-,32-28-,36-33-,39-38-,40-34-,41-35-,48-45-,51-47-,60-56-,63-59-. The minimum absolute atomic E-state index is 0.0263. The molecule has 0 saturated carbocycles. The number of esters is 4. The normalized spacial score (nSPS) is 14.9. The molecule has 0 aliphatic heterocycles. The molecule has 0 heterocycles. The van der Waals surface area contributed by atoms with E-state index in [0.717, 1.165) is 148 Å². The van der Waals surface area contributed by atoms with E-state index in [4.69, 9.17) is 37.0 Å². The fourth-order valence-electron chi connectivity index (χ4n) is 9.21. The van der Waals surface area contributed by atoms with Gasteiger partial charge in [0.1, 0.15) is 19.3 Å². The van der Waals surface area contributed by atoms with Gasteiger partial charge in [0.05, 0.1) is 32.8 Å². The second-order valence-electron chi connectivity index (χ2n) is 24.5. The number of carbonyl (C=O) groups is 4. The molecule has 5 atom stereocenters. The number of phosphoric ester groups is 2. The number of hydrogen-bond acceptors (Lipinski definition) is 15. The average Bonchev–Trinajstić information content (AvgIpc) is 0.908. The predicted molar refractivity (Wildman–Crippen MR) is 417 cm³/mol. The van der Waals surface area contributed by atoms with Crippen LogP contribution in [-0.2, 0) is 65.4 Å². The molecule has 0 bridgehead atoms. The van der Waals surface area contributed by atoms with Crippen molar-refractivity contribution in [1.82, 2.24) is 0 Å². The van der Waals surface area contributed by atoms with Crippen LogP contribution in [-0.4, -0.2) is 96.7 Å². The first-order valence-corrected chi connectivity index (χ1v) is 41.0. The number of ether oxygens (including phenoxy) is 4. The first-order valence-electron chi connectivity index (χ1n) is 38.0. The van der Waals surface area contributed by atoms with Crippen LogP contribution in [0.3, 0.4) is 0 Å². The fourth-order valence-corrected chi connectivity index (χ4v) is 10.8. The first-order chi connectivity index (χ1) is 49.7. The van der Waals surface area contributed by atoms with Gasteiger partial charge in [0.2, 0.25) is 0 Å². The maximum Gasteiger partial charge on any atom is 0.472 e. The van der Waals surface area contributed by atoms with E-state index in [9.17, 15) is 43.2 Å². The number of hydrogen-bond donors (Lipinski definition) is 3. The van der Waals surface area contributed by atoms with E-state index in [0.29, 0.717) is 32.1 Å². The molecule has 0 amide bonds. The highest BCUT2D eigenvalue weighted by molar-refractivity contribution is 7.47. The van der Waals surface area contributed by atoms with Crippen LogP contribution in [0.1, 0.15) is 259 Å². The summed E-state index contributed by atoms with van der Waals surface area (Å²) in [5.41, 5.74) is 0. The Morgan fingerprint density at radius 1 is 0.294 bits per heavy atom. The van der Waals surface area contributed by atoms with Crippen LogP contribution in [0.25, 0.3) is 0 Å². The van der Waals surface area contributed by atoms with E-state index in [1.165, 1.54) is 25.7 Å². The van der Waals surface area contributed by atoms with Crippen LogP contribution >= 0.6 is 15.6 Å². The third kappa shape index (κ3) is 72.5. The fraction of sp³-hybridized carbons (Fsp3) is 0.590. The lowest BCUT2D eigenvalue weighted by molar-refractivity contribution is -0.161. The van der Waals surface area contributed by atoms with E-state index >= 15 is 0 Å². The lowest BCUT2D eigenvalue weighted by Gasteiger charge is -2.21. The number of phosphoric acid groups is 2. The lowest BCUT2D eigenvalue weighted by Crippen LogP contribution is -2.30. The molecule has 0 rings (SSSR count). The zero-order valence-corrected chi connectivity index (χ0v) is 64.5. The van der Waals surface area contributed by atoms with Gasteiger partial charge in [0.25, 0.3) is 0 Å². The van der Waals surface area contributed by atoms with Gasteiger partial charge in [-0.15, -0.1) is 0 Å². The summed E-state index contributed by atoms with van der Waals surface area (Å²) in [4.78, 5) is 72.8. The highest BCUT2D eigenvalue weighted by Crippen LogP contribution is 2.45. The summed E-state index contributed by atoms with van der Waals surface area (Å²) < 4.78 is 68.2. The SMILES string of the molecule is CC/C=C\C/C=C\C/C=C\C/C=C\C/C=C\C/C=C\CCC(=O)OCC(COP(=O)(O)OCC(O)COP(=O)(O)OCC(COC(=O)C/C=C\C/C=C\C/C=C\C/C=C\C/C=C\CC)OC(=O)CCCCCCC/C=C\C/C=C\C/C=C\CC)OC(=O)CCCCCCC/C=C\CCCCCC. The third-order valence-corrected chi connectivity index (χ3v) is 16.8. The largest absolute Gasteiger partial charge is 0.472 e. The van der Waals surface area contributed by atoms with Gasteiger partial charge in [-0.05, 0) is 148 Å². The third-order valence-electron chi connectivity index (χ3n) is 14.9. The zero-order chi connectivity index (χ0) is 74.6. The number of aliphatic hydroxyl groups is 1. The Bertz CT molecular complexity index is 2650. The number of carbonyl (C=O) groups excluding carboxylic acids is 4. The molecular formula is C83H132O17P2. The molecule has 102 heavy (non-hydrogen) atoms. The Hall–Kier alpha value is -5.84. The van der Waals surface area contributed by atoms with Gasteiger partial charge in [-0.1, -0.05) is 268 Å². The second kappa shape index (κ2) is 73.5. The average molecular weight is 1460 g/mol. The van der Waals surface area contributed by atoms with Crippen LogP contribution in [0.15, 0.2) is 182 Å². The van der Waals surface area contributed by atoms with Gasteiger partial charge in [-0.2, -0.15) is 0 Å². The molecule has 0 aliphatic carbocycles. The Morgan fingerprint density at radius 3 is 0.922 bits per heavy atom. The van der Waals surface area contributed by atoms with Crippen LogP contribution in [0.5, 0.6) is 0 Å². The van der Waals surface area contributed by atoms with Crippen molar-refractivity contribution in [2.24, 2.45) is 0 Å². The van der Waals surface area contributed by atoms with Crippen molar-refractivity contribution in [3.05, 3.63) is 182 Å². The molecule has 0 aromatic rings. The Balaban J connectivity index is 5.51. The minimum Gasteiger partial charge on any atom is -0.462 e. The molecule has 0 fully saturated rings. The minimum atomic E-state index is -5.01. The summed E-state index contributed by atoms with van der Waals surface area (Å²) in [5, 5.41) is 10.6. The van der Waals surface area contributed by atoms with Crippen LogP contribution in [0, 0.1) is 0 Å². The van der Waals surface area contributed by atoms with Crippen molar-refractivity contribution in [1.29, 1.82) is 0 Å². The summed E-state index contributed by atoms with van der Waals surface area (Å²) in [7, 11) is -10.0. The maximum absolute atomic E-state index is 13.1. The van der Waals surface area contributed by atoms with Gasteiger partial charge in [0, 0.05) is 19.3 Å². The summed E-state index contributed by atoms with van der Waals surface area (Å²) in [6.07, 6.45) is 87.9. The van der Waals surface area contributed by atoms with Crippen molar-refractivity contribution >= 4 is 39.5 Å². The molecule has 0 radical (unpaired) electrons. The maximum atomic E-state index is 13.1. The predicted octanol–water partition coefficient (Wildman–Crippen LogP) is 22.0. The molecule has 0 saturated heterocycles. The van der Waals surface area contributed by atoms with Gasteiger partial charge in [-0.3, -0.25) is 37.3 Å². The van der Waals surface area contributed by atoms with Crippen LogP contribution in [0.4, 0.5) is 0 Å². The van der Waals surface area contributed by atoms with Gasteiger partial charge < -0.3 is 33.8 Å². The highest BCUT2D eigenvalue weighted by Gasteiger charge is 2.30. The number of allylic oxidation sites excluding steroid dienone is 29. The van der Waals surface area contributed by atoms with Gasteiger partial charge in [-0.25, -0.2) is 9.13 Å². The van der Waals surface area contributed by atoms with Crippen molar-refractivity contribution in [3.8, 4) is 0 Å². The molecule has 3 N–H and O–H groups in total. The quantitative estimate of drug-likeness (QED) is 0.0169. The van der Waals surface area contributed by atoms with Crippen molar-refractivity contribution in [2.45, 2.75) is 277 Å². The van der Waals surface area contributed by atoms with E-state index in [1.807, 2.05) is 36.5 Å². The molecular weight excluding hydrogens is 1330 g/mol. The van der Waals surface area contributed by atoms with E-state index in [-0.39, 0.29) is 25.7 Å². The molecule has 576 valence electrons. The first kappa shape index (κ1) is 96.2. The number of rotatable bonds is 69. The van der Waals surface area contributed by atoms with E-state index in [2.05, 4.69) is 167 Å². The van der Waals surface area contributed by atoms with Crippen molar-refractivity contribution < 1.29 is 80.2 Å². The molecule has 19 heteroatoms. The molecule has 0 aromatic carbocycles. The monoisotopic (exact) mass is 1460 g/mol. The molecule has 5 unspecified atom stereocenters. The summed E-state index contributed by atoms with van der Waals surface area (Å²) >= 11 is 0. The molecule has 17 nitrogen and oxygen atoms in total. The van der Waals surface area contributed by atoms with Gasteiger partial charge >= 0.3 is 39.5 Å². The highest BCUT2D eigenvalue weighted by atomic mass is 31.2. The molecule has 0 aromatic heterocycles. The number of aliphatic hydroxyl groups excluding tert-OH is 1. The molecule has 0 spiro atoms. The lowest BCUT2D eigenvalue weighted by atomic mass is 10.1. The Labute approximate surface area is 615 Å². The van der Waals surface area contributed by atoms with Crippen LogP contribution < -0.4 is 0 Å². The van der Waals surface area contributed by atoms with Crippen molar-refractivity contribution in [3.63, 3.8) is 0 Å². The summed E-state index contributed by atoms with van der Waals surface area (Å²) in [5.74, 6) is -2.47. The second-order valence-corrected chi connectivity index (χ2v) is 27.4. The van der Waals surface area contributed by atoms with E-state index < -0.39 is 97.5 Å². The van der Waals surface area contributed by atoms with E-state index in [1.54, 1.807) is 6.08 Å². The summed E-state index contributed by atoms with van der Waals surface area (Å²) in [6, 6.07) is 0. The zero-order valence-electron chi connectivity index (χ0n) is 62.7. The number of unbranched alkanes of at least 4 members (excludes halogenated alkanes) is 14. The molecule has 0 aliphatic rings. The van der Waals surface area contributed by atoms with Gasteiger partial charge in [0.15, 0.2) is 12.2 Å². The van der Waals surface area contributed by atoms with Crippen molar-refractivity contribution in [2.75, 3.05) is 39.6 Å². The Morgan fingerprint density at radius 2 is 0.569 bits per heavy atom. The van der Waals surface area contributed by atoms with Crippen LogP contribution in [0.2, 0.25) is 0 Å². The smallest absolute Gasteiger partial charge is 0.462 e.